The average molecular weight is 162 g/mol. The molecule has 0 bridgehead atoms. The summed E-state index contributed by atoms with van der Waals surface area (Å²) in [5, 5.41) is 2.03. The van der Waals surface area contributed by atoms with E-state index in [9.17, 15) is 0 Å². The van der Waals surface area contributed by atoms with Gasteiger partial charge in [0.05, 0.1) is 5.35 Å². The summed E-state index contributed by atoms with van der Waals surface area (Å²) in [5.41, 5.74) is 0. The van der Waals surface area contributed by atoms with E-state index in [-0.39, 0.29) is 0 Å². The number of rotatable bonds is 0. The molecule has 0 radical (unpaired) electrons. The molecule has 0 aliphatic heterocycles. The summed E-state index contributed by atoms with van der Waals surface area (Å²) in [7, 11) is 0. The highest BCUT2D eigenvalue weighted by atomic mass is 32.1. The fourth-order valence-electron chi connectivity index (χ4n) is 1.05. The lowest BCUT2D eigenvalue weighted by atomic mass is 10.2. The van der Waals surface area contributed by atoms with Crippen LogP contribution in [0.5, 0.6) is 0 Å². The first-order valence-corrected chi connectivity index (χ1v) is 3.78. The molecule has 0 fully saturated rings. The Morgan fingerprint density at radius 2 is 2.36 bits per heavy atom. The van der Waals surface area contributed by atoms with Crippen molar-refractivity contribution in [3.8, 4) is 0 Å². The first kappa shape index (κ1) is 6.61. The van der Waals surface area contributed by atoms with Gasteiger partial charge in [0.2, 0.25) is 0 Å². The van der Waals surface area contributed by atoms with E-state index in [4.69, 9.17) is 12.2 Å². The molecule has 0 unspecified atom stereocenters. The van der Waals surface area contributed by atoms with E-state index in [1.165, 1.54) is 6.33 Å². The molecule has 3 heteroatoms. The van der Waals surface area contributed by atoms with Crippen molar-refractivity contribution in [1.82, 2.24) is 9.97 Å². The lowest BCUT2D eigenvalue weighted by molar-refractivity contribution is 1.09. The third-order valence-electron chi connectivity index (χ3n) is 1.59. The second kappa shape index (κ2) is 2.51. The average Bonchev–Trinajstić information content (AvgIpc) is 2.04. The Morgan fingerprint density at radius 3 is 3.27 bits per heavy atom. The SMILES string of the molecule is S=C1C=c2ncncc2=CC1. The molecule has 0 atom stereocenters. The molecule has 2 nitrogen and oxygen atoms in total. The minimum atomic E-state index is 0.843. The molecule has 0 saturated heterocycles. The van der Waals surface area contributed by atoms with Crippen molar-refractivity contribution < 1.29 is 0 Å². The maximum absolute atomic E-state index is 5.03. The Kier molecular flexibility index (Phi) is 1.51. The summed E-state index contributed by atoms with van der Waals surface area (Å²) < 4.78 is 0. The van der Waals surface area contributed by atoms with Crippen LogP contribution < -0.4 is 10.6 Å². The summed E-state index contributed by atoms with van der Waals surface area (Å²) in [4.78, 5) is 8.94. The number of hydrogen-bond acceptors (Lipinski definition) is 3. The van der Waals surface area contributed by atoms with Gasteiger partial charge in [-0.3, -0.25) is 0 Å². The molecule has 0 N–H and O–H groups in total. The van der Waals surface area contributed by atoms with Gasteiger partial charge in [0.15, 0.2) is 0 Å². The zero-order valence-corrected chi connectivity index (χ0v) is 6.64. The Hall–Kier alpha value is -1.09. The quantitative estimate of drug-likeness (QED) is 0.495. The van der Waals surface area contributed by atoms with Crippen molar-refractivity contribution >= 4 is 29.2 Å². The maximum atomic E-state index is 5.03. The molecule has 2 rings (SSSR count). The van der Waals surface area contributed by atoms with Crippen molar-refractivity contribution in [1.29, 1.82) is 0 Å². The van der Waals surface area contributed by atoms with E-state index in [1.54, 1.807) is 6.20 Å². The van der Waals surface area contributed by atoms with Gasteiger partial charge in [-0.15, -0.1) is 0 Å². The molecule has 1 aliphatic rings. The van der Waals surface area contributed by atoms with Crippen molar-refractivity contribution in [3.05, 3.63) is 23.1 Å². The standard InChI is InChI=1S/C8H6N2S/c11-7-2-1-6-4-9-5-10-8(6)3-7/h1,3-5H,2H2. The van der Waals surface area contributed by atoms with Crippen LogP contribution in [-0.2, 0) is 0 Å². The highest BCUT2D eigenvalue weighted by Gasteiger charge is 1.96. The van der Waals surface area contributed by atoms with Gasteiger partial charge in [0, 0.05) is 22.7 Å². The second-order valence-corrected chi connectivity index (χ2v) is 2.91. The van der Waals surface area contributed by atoms with E-state index in [0.29, 0.717) is 0 Å². The van der Waals surface area contributed by atoms with Gasteiger partial charge < -0.3 is 0 Å². The predicted molar refractivity (Wildman–Crippen MR) is 47.4 cm³/mol. The van der Waals surface area contributed by atoms with E-state index < -0.39 is 0 Å². The third-order valence-corrected chi connectivity index (χ3v) is 1.88. The van der Waals surface area contributed by atoms with Gasteiger partial charge in [-0.1, -0.05) is 18.3 Å². The van der Waals surface area contributed by atoms with Gasteiger partial charge in [-0.05, 0) is 6.08 Å². The molecule has 0 saturated carbocycles. The summed E-state index contributed by atoms with van der Waals surface area (Å²) in [5.74, 6) is 0. The van der Waals surface area contributed by atoms with Crippen LogP contribution in [0.3, 0.4) is 0 Å². The number of fused-ring (bicyclic) bond motifs is 1. The molecule has 0 amide bonds. The summed E-state index contributed by atoms with van der Waals surface area (Å²) in [6.07, 6.45) is 8.16. The fraction of sp³-hybridized carbons (Fsp3) is 0.125. The third kappa shape index (κ3) is 1.19. The van der Waals surface area contributed by atoms with E-state index in [2.05, 4.69) is 16.0 Å². The molecular formula is C8H6N2S. The molecule has 1 aliphatic carbocycles. The van der Waals surface area contributed by atoms with Gasteiger partial charge in [-0.25, -0.2) is 9.97 Å². The molecule has 11 heavy (non-hydrogen) atoms. The van der Waals surface area contributed by atoms with Crippen LogP contribution in [0.1, 0.15) is 6.42 Å². The Morgan fingerprint density at radius 1 is 1.45 bits per heavy atom. The lowest BCUT2D eigenvalue weighted by Gasteiger charge is -1.97. The number of nitrogens with zero attached hydrogens (tertiary/aromatic N) is 2. The van der Waals surface area contributed by atoms with E-state index in [1.807, 2.05) is 6.08 Å². The molecule has 54 valence electrons. The number of aromatic nitrogens is 2. The molecule has 0 spiro atoms. The lowest BCUT2D eigenvalue weighted by Crippen LogP contribution is -2.31. The van der Waals surface area contributed by atoms with Gasteiger partial charge in [-0.2, -0.15) is 0 Å². The zero-order chi connectivity index (χ0) is 7.68. The van der Waals surface area contributed by atoms with Crippen LogP contribution in [0.15, 0.2) is 12.5 Å². The smallest absolute Gasteiger partial charge is 0.116 e. The predicted octanol–water partition coefficient (Wildman–Crippen LogP) is -0.189. The normalized spacial score (nSPS) is 14.7. The molecule has 1 aromatic heterocycles. The molecule has 0 aromatic carbocycles. The Bertz CT molecular complexity index is 408. The monoisotopic (exact) mass is 162 g/mol. The second-order valence-electron chi connectivity index (χ2n) is 2.38. The maximum Gasteiger partial charge on any atom is 0.116 e. The van der Waals surface area contributed by atoms with Crippen LogP contribution in [0, 0.1) is 0 Å². The number of thiocarbonyl (C=S) groups is 1. The van der Waals surface area contributed by atoms with Crippen molar-refractivity contribution in [2.24, 2.45) is 0 Å². The fourth-order valence-corrected chi connectivity index (χ4v) is 1.24. The van der Waals surface area contributed by atoms with Gasteiger partial charge in [0.25, 0.3) is 0 Å². The summed E-state index contributed by atoms with van der Waals surface area (Å²) >= 11 is 5.03. The minimum absolute atomic E-state index is 0.843. The highest BCUT2D eigenvalue weighted by molar-refractivity contribution is 7.81. The van der Waals surface area contributed by atoms with Crippen LogP contribution in [0.25, 0.3) is 12.2 Å². The summed E-state index contributed by atoms with van der Waals surface area (Å²) in [6, 6.07) is 0. The topological polar surface area (TPSA) is 25.8 Å². The van der Waals surface area contributed by atoms with Gasteiger partial charge in [0.1, 0.15) is 6.33 Å². The van der Waals surface area contributed by atoms with Crippen molar-refractivity contribution in [3.63, 3.8) is 0 Å². The summed E-state index contributed by atoms with van der Waals surface area (Å²) in [6.45, 7) is 0. The van der Waals surface area contributed by atoms with Gasteiger partial charge >= 0.3 is 0 Å². The van der Waals surface area contributed by atoms with Crippen LogP contribution in [0.4, 0.5) is 0 Å². The molecule has 1 aromatic rings. The van der Waals surface area contributed by atoms with Crippen LogP contribution in [0.2, 0.25) is 0 Å². The van der Waals surface area contributed by atoms with E-state index >= 15 is 0 Å². The largest absolute Gasteiger partial charge is 0.244 e. The van der Waals surface area contributed by atoms with Crippen molar-refractivity contribution in [2.75, 3.05) is 0 Å². The Labute approximate surface area is 69.3 Å². The van der Waals surface area contributed by atoms with Crippen LogP contribution in [-0.4, -0.2) is 14.8 Å². The van der Waals surface area contributed by atoms with E-state index in [0.717, 1.165) is 21.9 Å². The first-order valence-electron chi connectivity index (χ1n) is 3.37. The van der Waals surface area contributed by atoms with Crippen molar-refractivity contribution in [2.45, 2.75) is 6.42 Å². The minimum Gasteiger partial charge on any atom is -0.244 e. The highest BCUT2D eigenvalue weighted by Crippen LogP contribution is 1.91. The molecule has 1 heterocycles. The molecular weight excluding hydrogens is 156 g/mol. The first-order chi connectivity index (χ1) is 5.36. The number of hydrogen-bond donors (Lipinski definition) is 0. The van der Waals surface area contributed by atoms with Crippen LogP contribution >= 0.6 is 12.2 Å². The Balaban J connectivity index is 2.83. The zero-order valence-electron chi connectivity index (χ0n) is 5.82.